The van der Waals surface area contributed by atoms with Crippen molar-refractivity contribution in [3.8, 4) is 0 Å². The highest BCUT2D eigenvalue weighted by molar-refractivity contribution is 5.48. The fraction of sp³-hybridized carbons (Fsp3) is 0.688. The van der Waals surface area contributed by atoms with Gasteiger partial charge in [-0.1, -0.05) is 13.0 Å². The highest BCUT2D eigenvalue weighted by atomic mass is 15.2. The molecule has 0 saturated heterocycles. The van der Waals surface area contributed by atoms with Gasteiger partial charge in [0, 0.05) is 30.9 Å². The van der Waals surface area contributed by atoms with Crippen LogP contribution in [0.15, 0.2) is 18.3 Å². The molecule has 0 radical (unpaired) electrons. The smallest absolute Gasteiger partial charge is 0.133 e. The Bertz CT molecular complexity index is 401. The third-order valence-electron chi connectivity index (χ3n) is 4.23. The number of nitrogens with one attached hydrogen (secondary N) is 1. The Morgan fingerprint density at radius 1 is 1.42 bits per heavy atom. The summed E-state index contributed by atoms with van der Waals surface area (Å²) < 4.78 is 0. The number of nitrogens with zero attached hydrogens (tertiary/aromatic N) is 2. The molecule has 1 N–H and O–H groups in total. The maximum absolute atomic E-state index is 4.62. The first-order valence-corrected chi connectivity index (χ1v) is 7.56. The fourth-order valence-electron chi connectivity index (χ4n) is 2.60. The first-order valence-electron chi connectivity index (χ1n) is 7.56. The number of aromatic nitrogens is 1. The molecule has 1 fully saturated rings. The molecule has 1 saturated carbocycles. The predicted molar refractivity (Wildman–Crippen MR) is 81.5 cm³/mol. The van der Waals surface area contributed by atoms with E-state index in [1.165, 1.54) is 18.4 Å². The van der Waals surface area contributed by atoms with Crippen LogP contribution in [0.2, 0.25) is 0 Å². The van der Waals surface area contributed by atoms with Gasteiger partial charge in [0.15, 0.2) is 0 Å². The van der Waals surface area contributed by atoms with Crippen molar-refractivity contribution >= 4 is 5.82 Å². The SMILES string of the molecule is CCCNC(C)c1cccnc1N(C)C(C)C1CC1. The molecule has 0 aromatic carbocycles. The Labute approximate surface area is 117 Å². The van der Waals surface area contributed by atoms with E-state index in [0.717, 1.165) is 24.7 Å². The van der Waals surface area contributed by atoms with Crippen LogP contribution in [0, 0.1) is 5.92 Å². The molecule has 1 aliphatic rings. The van der Waals surface area contributed by atoms with Gasteiger partial charge in [0.2, 0.25) is 0 Å². The van der Waals surface area contributed by atoms with E-state index in [0.29, 0.717) is 12.1 Å². The van der Waals surface area contributed by atoms with Gasteiger partial charge in [-0.2, -0.15) is 0 Å². The summed E-state index contributed by atoms with van der Waals surface area (Å²) in [6.07, 6.45) is 5.81. The van der Waals surface area contributed by atoms with Gasteiger partial charge in [0.05, 0.1) is 0 Å². The van der Waals surface area contributed by atoms with Crippen LogP contribution >= 0.6 is 0 Å². The van der Waals surface area contributed by atoms with Crippen molar-refractivity contribution < 1.29 is 0 Å². The standard InChI is InChI=1S/C16H27N3/c1-5-10-17-12(2)15-7-6-11-18-16(15)19(4)13(3)14-8-9-14/h6-7,11-14,17H,5,8-10H2,1-4H3. The topological polar surface area (TPSA) is 28.2 Å². The monoisotopic (exact) mass is 261 g/mol. The molecule has 19 heavy (non-hydrogen) atoms. The van der Waals surface area contributed by atoms with Crippen LogP contribution in [0.4, 0.5) is 5.82 Å². The molecule has 106 valence electrons. The van der Waals surface area contributed by atoms with E-state index in [-0.39, 0.29) is 0 Å². The second kappa shape index (κ2) is 6.38. The van der Waals surface area contributed by atoms with E-state index in [1.807, 2.05) is 12.3 Å². The van der Waals surface area contributed by atoms with E-state index in [2.05, 4.69) is 49.1 Å². The molecule has 0 bridgehead atoms. The zero-order chi connectivity index (χ0) is 13.8. The summed E-state index contributed by atoms with van der Waals surface area (Å²) in [5.41, 5.74) is 1.31. The van der Waals surface area contributed by atoms with Crippen LogP contribution in [0.25, 0.3) is 0 Å². The van der Waals surface area contributed by atoms with Gasteiger partial charge in [-0.3, -0.25) is 0 Å². The quantitative estimate of drug-likeness (QED) is 0.815. The summed E-state index contributed by atoms with van der Waals surface area (Å²) in [5, 5.41) is 3.56. The van der Waals surface area contributed by atoms with Crippen molar-refractivity contribution in [3.63, 3.8) is 0 Å². The van der Waals surface area contributed by atoms with Crippen molar-refractivity contribution in [2.24, 2.45) is 5.92 Å². The molecular weight excluding hydrogens is 234 g/mol. The van der Waals surface area contributed by atoms with Gasteiger partial charge in [-0.15, -0.1) is 0 Å². The lowest BCUT2D eigenvalue weighted by Crippen LogP contribution is -2.33. The van der Waals surface area contributed by atoms with Gasteiger partial charge in [-0.25, -0.2) is 4.98 Å². The summed E-state index contributed by atoms with van der Waals surface area (Å²) in [6, 6.07) is 5.19. The molecule has 3 nitrogen and oxygen atoms in total. The maximum Gasteiger partial charge on any atom is 0.133 e. The minimum Gasteiger partial charge on any atom is -0.356 e. The Kier molecular flexibility index (Phi) is 4.81. The van der Waals surface area contributed by atoms with Crippen molar-refractivity contribution in [2.75, 3.05) is 18.5 Å². The van der Waals surface area contributed by atoms with Crippen LogP contribution in [0.5, 0.6) is 0 Å². The molecule has 2 atom stereocenters. The highest BCUT2D eigenvalue weighted by Crippen LogP contribution is 2.37. The van der Waals surface area contributed by atoms with Crippen LogP contribution in [-0.4, -0.2) is 24.6 Å². The van der Waals surface area contributed by atoms with Crippen LogP contribution in [0.3, 0.4) is 0 Å². The molecule has 0 aliphatic heterocycles. The molecular formula is C16H27N3. The number of anilines is 1. The lowest BCUT2D eigenvalue weighted by atomic mass is 10.1. The fourth-order valence-corrected chi connectivity index (χ4v) is 2.60. The third-order valence-corrected chi connectivity index (χ3v) is 4.23. The van der Waals surface area contributed by atoms with Crippen molar-refractivity contribution in [1.82, 2.24) is 10.3 Å². The van der Waals surface area contributed by atoms with Crippen LogP contribution in [0.1, 0.15) is 51.6 Å². The van der Waals surface area contributed by atoms with Crippen molar-refractivity contribution in [2.45, 2.75) is 52.1 Å². The Hall–Kier alpha value is -1.09. The number of pyridine rings is 1. The molecule has 1 heterocycles. The number of rotatable bonds is 7. The minimum absolute atomic E-state index is 0.359. The Morgan fingerprint density at radius 3 is 2.79 bits per heavy atom. The molecule has 3 heteroatoms. The Morgan fingerprint density at radius 2 is 2.16 bits per heavy atom. The Balaban J connectivity index is 2.14. The second-order valence-electron chi connectivity index (χ2n) is 5.78. The summed E-state index contributed by atoms with van der Waals surface area (Å²) in [7, 11) is 2.18. The second-order valence-corrected chi connectivity index (χ2v) is 5.78. The first-order chi connectivity index (χ1) is 9.15. The van der Waals surface area contributed by atoms with E-state index in [9.17, 15) is 0 Å². The van der Waals surface area contributed by atoms with E-state index in [4.69, 9.17) is 0 Å². The third kappa shape index (κ3) is 3.47. The number of hydrogen-bond acceptors (Lipinski definition) is 3. The van der Waals surface area contributed by atoms with Gasteiger partial charge < -0.3 is 10.2 Å². The zero-order valence-electron chi connectivity index (χ0n) is 12.7. The summed E-state index contributed by atoms with van der Waals surface area (Å²) in [5.74, 6) is 2.00. The van der Waals surface area contributed by atoms with Gasteiger partial charge in [0.1, 0.15) is 5.82 Å². The van der Waals surface area contributed by atoms with Crippen LogP contribution in [-0.2, 0) is 0 Å². The predicted octanol–water partition coefficient (Wildman–Crippen LogP) is 3.38. The summed E-state index contributed by atoms with van der Waals surface area (Å²) in [4.78, 5) is 6.98. The van der Waals surface area contributed by atoms with Gasteiger partial charge in [-0.05, 0) is 51.6 Å². The average molecular weight is 261 g/mol. The van der Waals surface area contributed by atoms with Crippen molar-refractivity contribution in [1.29, 1.82) is 0 Å². The van der Waals surface area contributed by atoms with Crippen LogP contribution < -0.4 is 10.2 Å². The highest BCUT2D eigenvalue weighted by Gasteiger charge is 2.32. The first kappa shape index (κ1) is 14.3. The lowest BCUT2D eigenvalue weighted by molar-refractivity contribution is 0.557. The molecule has 1 aromatic heterocycles. The minimum atomic E-state index is 0.359. The van der Waals surface area contributed by atoms with E-state index < -0.39 is 0 Å². The normalized spacial score (nSPS) is 18.1. The molecule has 1 aromatic rings. The zero-order valence-corrected chi connectivity index (χ0v) is 12.7. The van der Waals surface area contributed by atoms with Gasteiger partial charge in [0.25, 0.3) is 0 Å². The van der Waals surface area contributed by atoms with Crippen molar-refractivity contribution in [3.05, 3.63) is 23.9 Å². The molecule has 2 rings (SSSR count). The summed E-state index contributed by atoms with van der Waals surface area (Å²) >= 11 is 0. The molecule has 1 aliphatic carbocycles. The molecule has 0 amide bonds. The molecule has 2 unspecified atom stereocenters. The summed E-state index contributed by atoms with van der Waals surface area (Å²) in [6.45, 7) is 7.80. The van der Waals surface area contributed by atoms with E-state index in [1.54, 1.807) is 0 Å². The molecule has 0 spiro atoms. The number of hydrogen-bond donors (Lipinski definition) is 1. The largest absolute Gasteiger partial charge is 0.356 e. The van der Waals surface area contributed by atoms with E-state index >= 15 is 0 Å². The van der Waals surface area contributed by atoms with Gasteiger partial charge >= 0.3 is 0 Å². The average Bonchev–Trinajstić information content (AvgIpc) is 3.27. The lowest BCUT2D eigenvalue weighted by Gasteiger charge is -2.29. The maximum atomic E-state index is 4.62.